The highest BCUT2D eigenvalue weighted by Gasteiger charge is 2.13. The Morgan fingerprint density at radius 3 is 2.89 bits per heavy atom. The molecule has 1 unspecified atom stereocenters. The van der Waals surface area contributed by atoms with Gasteiger partial charge in [0.25, 0.3) is 0 Å². The molecule has 0 aliphatic carbocycles. The van der Waals surface area contributed by atoms with Crippen LogP contribution in [0.5, 0.6) is 5.75 Å². The summed E-state index contributed by atoms with van der Waals surface area (Å²) in [5.74, 6) is 0.752. The minimum Gasteiger partial charge on any atom is -0.484 e. The van der Waals surface area contributed by atoms with Crippen LogP contribution < -0.4 is 10.5 Å². The molecule has 0 saturated heterocycles. The smallest absolute Gasteiger partial charge is 0.137 e. The molecule has 2 rings (SSSR count). The normalized spacial score (nSPS) is 12.2. The number of nitrogens with two attached hydrogens (primary N) is 1. The molecular formula is C14H15ClN2O. The number of pyridine rings is 1. The van der Waals surface area contributed by atoms with E-state index in [1.807, 2.05) is 31.2 Å². The van der Waals surface area contributed by atoms with Crippen LogP contribution in [0.3, 0.4) is 0 Å². The molecule has 1 aromatic carbocycles. The van der Waals surface area contributed by atoms with Crippen LogP contribution in [0.25, 0.3) is 0 Å². The lowest BCUT2D eigenvalue weighted by Gasteiger charge is -2.19. The maximum atomic E-state index is 5.97. The van der Waals surface area contributed by atoms with E-state index in [1.54, 1.807) is 18.5 Å². The Morgan fingerprint density at radius 1 is 1.39 bits per heavy atom. The highest BCUT2D eigenvalue weighted by Crippen LogP contribution is 2.27. The standard InChI is InChI=1S/C14H15ClN2O/c1-10-4-5-12(15)7-13(10)18-14(8-16)11-3-2-6-17-9-11/h2-7,9,14H,8,16H2,1H3. The molecule has 2 aromatic rings. The molecule has 2 N–H and O–H groups in total. The summed E-state index contributed by atoms with van der Waals surface area (Å²) in [5.41, 5.74) is 7.74. The molecule has 1 aromatic heterocycles. The SMILES string of the molecule is Cc1ccc(Cl)cc1OC(CN)c1cccnc1. The Kier molecular flexibility index (Phi) is 4.18. The van der Waals surface area contributed by atoms with E-state index >= 15 is 0 Å². The molecule has 0 amide bonds. The third-order valence-electron chi connectivity index (χ3n) is 2.69. The van der Waals surface area contributed by atoms with Crippen LogP contribution in [0.1, 0.15) is 17.2 Å². The van der Waals surface area contributed by atoms with Crippen LogP contribution in [-0.4, -0.2) is 11.5 Å². The summed E-state index contributed by atoms with van der Waals surface area (Å²) in [6.07, 6.45) is 3.27. The van der Waals surface area contributed by atoms with Crippen molar-refractivity contribution in [2.75, 3.05) is 6.54 Å². The first-order valence-corrected chi connectivity index (χ1v) is 6.11. The van der Waals surface area contributed by atoms with E-state index in [2.05, 4.69) is 4.98 Å². The van der Waals surface area contributed by atoms with Gasteiger partial charge in [-0.1, -0.05) is 23.7 Å². The van der Waals surface area contributed by atoms with Gasteiger partial charge in [0.2, 0.25) is 0 Å². The van der Waals surface area contributed by atoms with Crippen LogP contribution >= 0.6 is 11.6 Å². The van der Waals surface area contributed by atoms with Gasteiger partial charge in [0.1, 0.15) is 11.9 Å². The number of hydrogen-bond donors (Lipinski definition) is 1. The second-order valence-corrected chi connectivity index (χ2v) is 4.47. The zero-order valence-electron chi connectivity index (χ0n) is 10.1. The largest absolute Gasteiger partial charge is 0.484 e. The van der Waals surface area contributed by atoms with E-state index in [0.717, 1.165) is 16.9 Å². The molecule has 1 atom stereocenters. The minimum absolute atomic E-state index is 0.212. The molecule has 0 radical (unpaired) electrons. The average molecular weight is 263 g/mol. The summed E-state index contributed by atoms with van der Waals surface area (Å²) in [5, 5.41) is 0.651. The molecule has 0 aliphatic rings. The summed E-state index contributed by atoms with van der Waals surface area (Å²) in [7, 11) is 0. The van der Waals surface area contributed by atoms with Gasteiger partial charge in [0.15, 0.2) is 0 Å². The molecule has 0 fully saturated rings. The summed E-state index contributed by atoms with van der Waals surface area (Å²) >= 11 is 5.97. The second kappa shape index (κ2) is 5.85. The number of hydrogen-bond acceptors (Lipinski definition) is 3. The van der Waals surface area contributed by atoms with Crippen molar-refractivity contribution in [1.29, 1.82) is 0 Å². The number of nitrogens with zero attached hydrogens (tertiary/aromatic N) is 1. The first-order chi connectivity index (χ1) is 8.70. The van der Waals surface area contributed by atoms with Crippen LogP contribution in [0.2, 0.25) is 5.02 Å². The van der Waals surface area contributed by atoms with Crippen molar-refractivity contribution in [3.8, 4) is 5.75 Å². The molecule has 0 bridgehead atoms. The Morgan fingerprint density at radius 2 is 2.22 bits per heavy atom. The van der Waals surface area contributed by atoms with Crippen LogP contribution in [-0.2, 0) is 0 Å². The van der Waals surface area contributed by atoms with E-state index in [4.69, 9.17) is 22.1 Å². The highest BCUT2D eigenvalue weighted by atomic mass is 35.5. The summed E-state index contributed by atoms with van der Waals surface area (Å²) < 4.78 is 5.91. The van der Waals surface area contributed by atoms with Gasteiger partial charge in [-0.3, -0.25) is 4.98 Å². The molecule has 18 heavy (non-hydrogen) atoms. The zero-order valence-corrected chi connectivity index (χ0v) is 10.9. The lowest BCUT2D eigenvalue weighted by atomic mass is 10.1. The predicted octanol–water partition coefficient (Wildman–Crippen LogP) is 3.12. The average Bonchev–Trinajstić information content (AvgIpc) is 2.41. The van der Waals surface area contributed by atoms with Gasteiger partial charge in [-0.2, -0.15) is 0 Å². The first-order valence-electron chi connectivity index (χ1n) is 5.73. The molecule has 3 nitrogen and oxygen atoms in total. The zero-order chi connectivity index (χ0) is 13.0. The van der Waals surface area contributed by atoms with Gasteiger partial charge < -0.3 is 10.5 Å². The van der Waals surface area contributed by atoms with Crippen molar-refractivity contribution < 1.29 is 4.74 Å². The van der Waals surface area contributed by atoms with Gasteiger partial charge in [0, 0.05) is 29.5 Å². The van der Waals surface area contributed by atoms with Crippen LogP contribution in [0.4, 0.5) is 0 Å². The number of benzene rings is 1. The van der Waals surface area contributed by atoms with E-state index in [1.165, 1.54) is 0 Å². The van der Waals surface area contributed by atoms with Crippen molar-refractivity contribution in [1.82, 2.24) is 4.98 Å². The number of ether oxygens (including phenoxy) is 1. The summed E-state index contributed by atoms with van der Waals surface area (Å²) in [6, 6.07) is 9.38. The van der Waals surface area contributed by atoms with Crippen LogP contribution in [0.15, 0.2) is 42.7 Å². The number of rotatable bonds is 4. The monoisotopic (exact) mass is 262 g/mol. The van der Waals surface area contributed by atoms with Crippen molar-refractivity contribution >= 4 is 11.6 Å². The van der Waals surface area contributed by atoms with Gasteiger partial charge in [-0.05, 0) is 30.7 Å². The fraction of sp³-hybridized carbons (Fsp3) is 0.214. The molecular weight excluding hydrogens is 248 g/mol. The fourth-order valence-electron chi connectivity index (χ4n) is 1.67. The van der Waals surface area contributed by atoms with Crippen molar-refractivity contribution in [2.45, 2.75) is 13.0 Å². The van der Waals surface area contributed by atoms with Crippen LogP contribution in [0, 0.1) is 6.92 Å². The van der Waals surface area contributed by atoms with Gasteiger partial charge in [-0.15, -0.1) is 0 Å². The van der Waals surface area contributed by atoms with Gasteiger partial charge in [0.05, 0.1) is 0 Å². The maximum Gasteiger partial charge on any atom is 0.137 e. The molecule has 0 saturated carbocycles. The molecule has 4 heteroatoms. The Bertz CT molecular complexity index is 516. The van der Waals surface area contributed by atoms with Crippen molar-refractivity contribution in [2.24, 2.45) is 5.73 Å². The minimum atomic E-state index is -0.212. The number of halogens is 1. The Labute approximate surface area is 112 Å². The van der Waals surface area contributed by atoms with E-state index in [-0.39, 0.29) is 6.10 Å². The summed E-state index contributed by atoms with van der Waals surface area (Å²) in [6.45, 7) is 2.36. The molecule has 94 valence electrons. The van der Waals surface area contributed by atoms with E-state index < -0.39 is 0 Å². The number of aromatic nitrogens is 1. The van der Waals surface area contributed by atoms with Crippen molar-refractivity contribution in [3.05, 3.63) is 58.9 Å². The van der Waals surface area contributed by atoms with Gasteiger partial charge in [-0.25, -0.2) is 0 Å². The highest BCUT2D eigenvalue weighted by molar-refractivity contribution is 6.30. The maximum absolute atomic E-state index is 5.97. The number of aryl methyl sites for hydroxylation is 1. The third-order valence-corrected chi connectivity index (χ3v) is 2.92. The Hall–Kier alpha value is -1.58. The molecule has 0 spiro atoms. The molecule has 0 aliphatic heterocycles. The second-order valence-electron chi connectivity index (χ2n) is 4.04. The lowest BCUT2D eigenvalue weighted by Crippen LogP contribution is -2.18. The third kappa shape index (κ3) is 3.00. The predicted molar refractivity (Wildman–Crippen MR) is 72.8 cm³/mol. The lowest BCUT2D eigenvalue weighted by molar-refractivity contribution is 0.212. The summed E-state index contributed by atoms with van der Waals surface area (Å²) in [4.78, 5) is 4.07. The van der Waals surface area contributed by atoms with Crippen molar-refractivity contribution in [3.63, 3.8) is 0 Å². The quantitative estimate of drug-likeness (QED) is 0.921. The van der Waals surface area contributed by atoms with E-state index in [0.29, 0.717) is 11.6 Å². The van der Waals surface area contributed by atoms with E-state index in [9.17, 15) is 0 Å². The Balaban J connectivity index is 2.23. The fourth-order valence-corrected chi connectivity index (χ4v) is 1.83. The molecule has 1 heterocycles. The first kappa shape index (κ1) is 12.9. The topological polar surface area (TPSA) is 48.1 Å². The van der Waals surface area contributed by atoms with Gasteiger partial charge >= 0.3 is 0 Å².